The second-order valence-electron chi connectivity index (χ2n) is 7.65. The Balaban J connectivity index is 1.86. The molecule has 1 aromatic heterocycles. The molecule has 2 aromatic carbocycles. The van der Waals surface area contributed by atoms with Gasteiger partial charge in [0.2, 0.25) is 5.78 Å². The minimum atomic E-state index is -0.896. The largest absolute Gasteiger partial charge is 0.503 e. The molecule has 1 aliphatic rings. The highest BCUT2D eigenvalue weighted by Gasteiger charge is 2.45. The average Bonchev–Trinajstić information content (AvgIpc) is 3.35. The van der Waals surface area contributed by atoms with Crippen molar-refractivity contribution in [2.24, 2.45) is 0 Å². The van der Waals surface area contributed by atoms with Crippen LogP contribution in [0.3, 0.4) is 0 Å². The fourth-order valence-corrected chi connectivity index (χ4v) is 3.93. The number of carbonyl (C=O) groups excluding carboxylic acids is 3. The highest BCUT2D eigenvalue weighted by molar-refractivity contribution is 6.20. The third-order valence-electron chi connectivity index (χ3n) is 5.14. The van der Waals surface area contributed by atoms with Gasteiger partial charge in [0.25, 0.3) is 5.91 Å². The molecular weight excluding hydrogens is 410 g/mol. The lowest BCUT2D eigenvalue weighted by Gasteiger charge is -2.27. The first-order chi connectivity index (χ1) is 15.3. The van der Waals surface area contributed by atoms with Crippen LogP contribution in [0.15, 0.2) is 76.6 Å². The lowest BCUT2D eigenvalue weighted by molar-refractivity contribution is -0.131. The molecule has 32 heavy (non-hydrogen) atoms. The molecule has 3 aromatic rings. The van der Waals surface area contributed by atoms with Gasteiger partial charge in [-0.15, -0.1) is 0 Å². The summed E-state index contributed by atoms with van der Waals surface area (Å²) < 4.78 is 10.3. The number of aliphatic hydroxyl groups is 1. The minimum Gasteiger partial charge on any atom is -0.503 e. The summed E-state index contributed by atoms with van der Waals surface area (Å²) in [6.45, 7) is 5.11. The van der Waals surface area contributed by atoms with Crippen LogP contribution in [0.2, 0.25) is 0 Å². The fourth-order valence-electron chi connectivity index (χ4n) is 3.93. The summed E-state index contributed by atoms with van der Waals surface area (Å²) in [5.74, 6) is -2.00. The molecule has 0 spiro atoms. The van der Waals surface area contributed by atoms with Crippen molar-refractivity contribution in [3.63, 3.8) is 0 Å². The molecule has 1 amide bonds. The summed E-state index contributed by atoms with van der Waals surface area (Å²) in [6, 6.07) is 14.2. The molecule has 1 N–H and O–H groups in total. The molecule has 1 aliphatic heterocycles. The standard InChI is InChI=1S/C25H21NO6/c1-14-11-15(2)13-18(12-14)26-22(17-6-8-19(9-7-17)32-16(3)27)21(24(29)25(26)30)23(28)20-5-4-10-31-20/h4-13,22,29H,1-3H3. The molecule has 2 heterocycles. The third kappa shape index (κ3) is 3.80. The summed E-state index contributed by atoms with van der Waals surface area (Å²) in [4.78, 5) is 39.0. The van der Waals surface area contributed by atoms with E-state index in [0.717, 1.165) is 11.1 Å². The number of hydrogen-bond acceptors (Lipinski definition) is 6. The van der Waals surface area contributed by atoms with Gasteiger partial charge in [-0.2, -0.15) is 0 Å². The summed E-state index contributed by atoms with van der Waals surface area (Å²) in [5.41, 5.74) is 2.90. The molecule has 0 fully saturated rings. The van der Waals surface area contributed by atoms with E-state index < -0.39 is 29.5 Å². The van der Waals surface area contributed by atoms with Crippen molar-refractivity contribution >= 4 is 23.3 Å². The number of ether oxygens (including phenoxy) is 1. The number of benzene rings is 2. The summed E-state index contributed by atoms with van der Waals surface area (Å²) >= 11 is 0. The predicted molar refractivity (Wildman–Crippen MR) is 117 cm³/mol. The van der Waals surface area contributed by atoms with E-state index >= 15 is 0 Å². The lowest BCUT2D eigenvalue weighted by Crippen LogP contribution is -2.31. The first-order valence-corrected chi connectivity index (χ1v) is 9.98. The number of Topliss-reactive ketones (excluding diaryl/α,β-unsaturated/α-hetero) is 1. The van der Waals surface area contributed by atoms with Crippen LogP contribution in [0.5, 0.6) is 5.75 Å². The van der Waals surface area contributed by atoms with Gasteiger partial charge in [0.05, 0.1) is 17.9 Å². The van der Waals surface area contributed by atoms with E-state index in [-0.39, 0.29) is 11.3 Å². The smallest absolute Gasteiger partial charge is 0.308 e. The van der Waals surface area contributed by atoms with Crippen LogP contribution in [-0.4, -0.2) is 22.8 Å². The van der Waals surface area contributed by atoms with Gasteiger partial charge < -0.3 is 14.3 Å². The molecule has 1 atom stereocenters. The number of nitrogens with zero attached hydrogens (tertiary/aromatic N) is 1. The van der Waals surface area contributed by atoms with E-state index in [1.807, 2.05) is 32.0 Å². The number of esters is 1. The average molecular weight is 431 g/mol. The lowest BCUT2D eigenvalue weighted by atomic mass is 9.94. The van der Waals surface area contributed by atoms with Crippen LogP contribution in [-0.2, 0) is 9.59 Å². The van der Waals surface area contributed by atoms with Gasteiger partial charge in [0.15, 0.2) is 11.5 Å². The Kier molecular flexibility index (Phi) is 5.40. The van der Waals surface area contributed by atoms with Crippen LogP contribution in [0.1, 0.15) is 40.2 Å². The van der Waals surface area contributed by atoms with Crippen molar-refractivity contribution in [3.05, 3.63) is 94.6 Å². The number of anilines is 1. The fraction of sp³-hybridized carbons (Fsp3) is 0.160. The van der Waals surface area contributed by atoms with Gasteiger partial charge in [0, 0.05) is 12.6 Å². The van der Waals surface area contributed by atoms with Crippen molar-refractivity contribution in [1.82, 2.24) is 0 Å². The summed E-state index contributed by atoms with van der Waals surface area (Å²) in [5, 5.41) is 10.8. The zero-order valence-corrected chi connectivity index (χ0v) is 17.8. The molecule has 0 bridgehead atoms. The Bertz CT molecular complexity index is 1220. The number of hydrogen-bond donors (Lipinski definition) is 1. The van der Waals surface area contributed by atoms with Crippen LogP contribution in [0.4, 0.5) is 5.69 Å². The monoisotopic (exact) mass is 431 g/mol. The van der Waals surface area contributed by atoms with Gasteiger partial charge in [-0.3, -0.25) is 19.3 Å². The first kappa shape index (κ1) is 21.1. The topological polar surface area (TPSA) is 97.0 Å². The van der Waals surface area contributed by atoms with Gasteiger partial charge >= 0.3 is 5.97 Å². The molecule has 0 saturated heterocycles. The molecule has 0 saturated carbocycles. The minimum absolute atomic E-state index is 0.0168. The van der Waals surface area contributed by atoms with Crippen LogP contribution < -0.4 is 9.64 Å². The van der Waals surface area contributed by atoms with E-state index in [1.165, 1.54) is 24.2 Å². The number of aliphatic hydroxyl groups excluding tert-OH is 1. The zero-order valence-electron chi connectivity index (χ0n) is 17.8. The Morgan fingerprint density at radius 3 is 2.25 bits per heavy atom. The highest BCUT2D eigenvalue weighted by Crippen LogP contribution is 2.42. The second-order valence-corrected chi connectivity index (χ2v) is 7.65. The van der Waals surface area contributed by atoms with Gasteiger partial charge in [0.1, 0.15) is 5.75 Å². The number of furan rings is 1. The van der Waals surface area contributed by atoms with E-state index in [1.54, 1.807) is 30.3 Å². The van der Waals surface area contributed by atoms with Crippen LogP contribution in [0, 0.1) is 13.8 Å². The highest BCUT2D eigenvalue weighted by atomic mass is 16.5. The van der Waals surface area contributed by atoms with Crippen molar-refractivity contribution in [3.8, 4) is 5.75 Å². The SMILES string of the molecule is CC(=O)Oc1ccc(C2C(C(=O)c3ccco3)=C(O)C(=O)N2c2cc(C)cc(C)c2)cc1. The Labute approximate surface area is 184 Å². The van der Waals surface area contributed by atoms with Gasteiger partial charge in [-0.25, -0.2) is 0 Å². The zero-order chi connectivity index (χ0) is 23.0. The van der Waals surface area contributed by atoms with Crippen LogP contribution in [0.25, 0.3) is 0 Å². The molecule has 0 radical (unpaired) electrons. The third-order valence-corrected chi connectivity index (χ3v) is 5.14. The predicted octanol–water partition coefficient (Wildman–Crippen LogP) is 4.60. The molecule has 1 unspecified atom stereocenters. The summed E-state index contributed by atoms with van der Waals surface area (Å²) in [7, 11) is 0. The second kappa shape index (κ2) is 8.19. The van der Waals surface area contributed by atoms with Crippen molar-refractivity contribution in [2.45, 2.75) is 26.8 Å². The van der Waals surface area contributed by atoms with Crippen molar-refractivity contribution < 1.29 is 28.6 Å². The normalized spacial score (nSPS) is 15.9. The maximum atomic E-state index is 13.2. The number of amides is 1. The van der Waals surface area contributed by atoms with Crippen LogP contribution >= 0.6 is 0 Å². The van der Waals surface area contributed by atoms with E-state index in [4.69, 9.17) is 9.15 Å². The molecule has 0 aliphatic carbocycles. The maximum Gasteiger partial charge on any atom is 0.308 e. The number of carbonyl (C=O) groups is 3. The van der Waals surface area contributed by atoms with E-state index in [9.17, 15) is 19.5 Å². The number of aryl methyl sites for hydroxylation is 2. The van der Waals surface area contributed by atoms with Crippen molar-refractivity contribution in [1.29, 1.82) is 0 Å². The van der Waals surface area contributed by atoms with E-state index in [0.29, 0.717) is 17.0 Å². The molecule has 7 heteroatoms. The van der Waals surface area contributed by atoms with E-state index in [2.05, 4.69) is 0 Å². The molecule has 4 rings (SSSR count). The Morgan fingerprint density at radius 2 is 1.69 bits per heavy atom. The number of ketones is 1. The molecule has 7 nitrogen and oxygen atoms in total. The maximum absolute atomic E-state index is 13.2. The molecule has 162 valence electrons. The quantitative estimate of drug-likeness (QED) is 0.360. The van der Waals surface area contributed by atoms with Gasteiger partial charge in [-0.05, 0) is 66.9 Å². The number of rotatable bonds is 5. The van der Waals surface area contributed by atoms with Crippen molar-refractivity contribution in [2.75, 3.05) is 4.90 Å². The molecular formula is C25H21NO6. The Morgan fingerprint density at radius 1 is 1.03 bits per heavy atom. The first-order valence-electron chi connectivity index (χ1n) is 9.98. The Hall–Kier alpha value is -4.13. The summed E-state index contributed by atoms with van der Waals surface area (Å²) in [6.07, 6.45) is 1.35. The van der Waals surface area contributed by atoms with Gasteiger partial charge in [-0.1, -0.05) is 18.2 Å².